The number of hydrogen-bond acceptors (Lipinski definition) is 4. The number of nitrogens with one attached hydrogen (secondary N) is 1. The van der Waals surface area contributed by atoms with Gasteiger partial charge in [-0.2, -0.15) is 0 Å². The lowest BCUT2D eigenvalue weighted by Crippen LogP contribution is -2.25. The Morgan fingerprint density at radius 2 is 2.10 bits per heavy atom. The summed E-state index contributed by atoms with van der Waals surface area (Å²) in [6.45, 7) is 0.178. The zero-order valence-corrected chi connectivity index (χ0v) is 12.4. The van der Waals surface area contributed by atoms with E-state index in [9.17, 15) is 4.79 Å². The zero-order chi connectivity index (χ0) is 15.2. The van der Waals surface area contributed by atoms with Gasteiger partial charge >= 0.3 is 0 Å². The maximum atomic E-state index is 11.6. The van der Waals surface area contributed by atoms with E-state index in [0.29, 0.717) is 21.6 Å². The number of amides is 1. The molecule has 2 N–H and O–H groups in total. The van der Waals surface area contributed by atoms with E-state index in [2.05, 4.69) is 5.32 Å². The van der Waals surface area contributed by atoms with Crippen LogP contribution in [-0.2, 0) is 6.61 Å². The maximum absolute atomic E-state index is 11.6. The second-order valence-electron chi connectivity index (χ2n) is 4.11. The van der Waals surface area contributed by atoms with Crippen molar-refractivity contribution in [3.63, 3.8) is 0 Å². The Morgan fingerprint density at radius 3 is 2.81 bits per heavy atom. The molecule has 0 aliphatic heterocycles. The second kappa shape index (κ2) is 7.36. The fraction of sp³-hybridized carbons (Fsp3) is 0.214. The van der Waals surface area contributed by atoms with Gasteiger partial charge in [0, 0.05) is 11.6 Å². The molecule has 0 saturated carbocycles. The minimum atomic E-state index is -0.389. The fourth-order valence-electron chi connectivity index (χ4n) is 1.58. The predicted molar refractivity (Wildman–Crippen MR) is 78.9 cm³/mol. The highest BCUT2D eigenvalue weighted by Crippen LogP contribution is 2.28. The molecular formula is C14H13Cl2NO4. The first-order valence-corrected chi connectivity index (χ1v) is 6.91. The predicted octanol–water partition coefficient (Wildman–Crippen LogP) is 2.89. The number of carbonyl (C=O) groups excluding carboxylic acids is 1. The van der Waals surface area contributed by atoms with Crippen molar-refractivity contribution in [1.29, 1.82) is 0 Å². The first kappa shape index (κ1) is 15.7. The highest BCUT2D eigenvalue weighted by molar-refractivity contribution is 6.35. The van der Waals surface area contributed by atoms with Crippen molar-refractivity contribution in [2.45, 2.75) is 6.61 Å². The standard InChI is InChI=1S/C14H13Cl2NO4/c15-9-1-3-12(11(16)7-9)20-8-10-2-4-13(21-10)14(19)17-5-6-18/h1-4,7,18H,5-6,8H2,(H,17,19). The van der Waals surface area contributed by atoms with Gasteiger partial charge in [0.1, 0.15) is 18.1 Å². The number of benzene rings is 1. The average molecular weight is 330 g/mol. The van der Waals surface area contributed by atoms with Crippen LogP contribution in [0.5, 0.6) is 5.75 Å². The molecule has 0 spiro atoms. The van der Waals surface area contributed by atoms with Crippen LogP contribution in [0.1, 0.15) is 16.3 Å². The number of aliphatic hydroxyl groups is 1. The molecular weight excluding hydrogens is 317 g/mol. The minimum Gasteiger partial charge on any atom is -0.484 e. The molecule has 0 fully saturated rings. The summed E-state index contributed by atoms with van der Waals surface area (Å²) in [6, 6.07) is 8.07. The first-order valence-electron chi connectivity index (χ1n) is 6.16. The van der Waals surface area contributed by atoms with Crippen molar-refractivity contribution in [2.24, 2.45) is 0 Å². The van der Waals surface area contributed by atoms with Crippen LogP contribution >= 0.6 is 23.2 Å². The molecule has 1 amide bonds. The van der Waals surface area contributed by atoms with Gasteiger partial charge in [-0.25, -0.2) is 0 Å². The molecule has 5 nitrogen and oxygen atoms in total. The van der Waals surface area contributed by atoms with Crippen LogP contribution in [0.15, 0.2) is 34.7 Å². The van der Waals surface area contributed by atoms with E-state index >= 15 is 0 Å². The van der Waals surface area contributed by atoms with Gasteiger partial charge in [0.15, 0.2) is 5.76 Å². The molecule has 0 radical (unpaired) electrons. The third-order valence-electron chi connectivity index (χ3n) is 2.55. The summed E-state index contributed by atoms with van der Waals surface area (Å²) in [5.74, 6) is 0.725. The van der Waals surface area contributed by atoms with Crippen molar-refractivity contribution in [1.82, 2.24) is 5.32 Å². The molecule has 0 aliphatic carbocycles. The SMILES string of the molecule is O=C(NCCO)c1ccc(COc2ccc(Cl)cc2Cl)o1. The van der Waals surface area contributed by atoms with Gasteiger partial charge in [0.25, 0.3) is 5.91 Å². The van der Waals surface area contributed by atoms with Gasteiger partial charge < -0.3 is 19.6 Å². The molecule has 0 bridgehead atoms. The van der Waals surface area contributed by atoms with E-state index in [4.69, 9.17) is 37.5 Å². The Morgan fingerprint density at radius 1 is 1.29 bits per heavy atom. The smallest absolute Gasteiger partial charge is 0.287 e. The minimum absolute atomic E-state index is 0.127. The van der Waals surface area contributed by atoms with Crippen molar-refractivity contribution in [3.8, 4) is 5.75 Å². The lowest BCUT2D eigenvalue weighted by molar-refractivity contribution is 0.0913. The number of rotatable bonds is 6. The van der Waals surface area contributed by atoms with E-state index in [1.165, 1.54) is 6.07 Å². The molecule has 21 heavy (non-hydrogen) atoms. The topological polar surface area (TPSA) is 71.7 Å². The van der Waals surface area contributed by atoms with Gasteiger partial charge in [0.2, 0.25) is 0 Å². The number of halogens is 2. The van der Waals surface area contributed by atoms with E-state index < -0.39 is 0 Å². The molecule has 2 rings (SSSR count). The molecule has 1 aromatic carbocycles. The van der Waals surface area contributed by atoms with Crippen LogP contribution in [0.3, 0.4) is 0 Å². The Hall–Kier alpha value is -1.69. The number of carbonyl (C=O) groups is 1. The van der Waals surface area contributed by atoms with Crippen LogP contribution in [0.2, 0.25) is 10.0 Å². The first-order chi connectivity index (χ1) is 10.1. The summed E-state index contributed by atoms with van der Waals surface area (Å²) in [4.78, 5) is 11.6. The lowest BCUT2D eigenvalue weighted by atomic mass is 10.3. The number of furan rings is 1. The Balaban J connectivity index is 1.95. The average Bonchev–Trinajstić information content (AvgIpc) is 2.93. The van der Waals surface area contributed by atoms with Gasteiger partial charge in [-0.3, -0.25) is 4.79 Å². The van der Waals surface area contributed by atoms with Gasteiger partial charge in [-0.1, -0.05) is 23.2 Å². The molecule has 1 heterocycles. The second-order valence-corrected chi connectivity index (χ2v) is 4.95. The van der Waals surface area contributed by atoms with Crippen LogP contribution in [0, 0.1) is 0 Å². The van der Waals surface area contributed by atoms with E-state index in [-0.39, 0.29) is 31.4 Å². The van der Waals surface area contributed by atoms with Crippen molar-refractivity contribution in [2.75, 3.05) is 13.2 Å². The Bertz CT molecular complexity index is 627. The van der Waals surface area contributed by atoms with Crippen LogP contribution in [0.25, 0.3) is 0 Å². The van der Waals surface area contributed by atoms with Crippen molar-refractivity contribution in [3.05, 3.63) is 51.9 Å². The Labute approximate surface area is 131 Å². The summed E-state index contributed by atoms with van der Waals surface area (Å²) in [5.41, 5.74) is 0. The molecule has 0 unspecified atom stereocenters. The molecule has 1 aromatic heterocycles. The van der Waals surface area contributed by atoms with E-state index in [0.717, 1.165) is 0 Å². The van der Waals surface area contributed by atoms with E-state index in [1.54, 1.807) is 24.3 Å². The fourth-order valence-corrected chi connectivity index (χ4v) is 2.04. The molecule has 0 atom stereocenters. The van der Waals surface area contributed by atoms with Crippen LogP contribution in [-0.4, -0.2) is 24.2 Å². The van der Waals surface area contributed by atoms with E-state index in [1.807, 2.05) is 0 Å². The summed E-state index contributed by atoms with van der Waals surface area (Å²) < 4.78 is 10.8. The van der Waals surface area contributed by atoms with Gasteiger partial charge in [0.05, 0.1) is 11.6 Å². The third kappa shape index (κ3) is 4.39. The molecule has 0 aliphatic rings. The molecule has 0 saturated heterocycles. The summed E-state index contributed by atoms with van der Waals surface area (Å²) >= 11 is 11.8. The summed E-state index contributed by atoms with van der Waals surface area (Å²) in [7, 11) is 0. The maximum Gasteiger partial charge on any atom is 0.287 e. The number of hydrogen-bond donors (Lipinski definition) is 2. The van der Waals surface area contributed by atoms with Gasteiger partial charge in [-0.15, -0.1) is 0 Å². The molecule has 7 heteroatoms. The quantitative estimate of drug-likeness (QED) is 0.854. The van der Waals surface area contributed by atoms with Crippen molar-refractivity contribution < 1.29 is 19.1 Å². The third-order valence-corrected chi connectivity index (χ3v) is 3.08. The number of aliphatic hydroxyl groups excluding tert-OH is 1. The molecule has 112 valence electrons. The van der Waals surface area contributed by atoms with Crippen molar-refractivity contribution >= 4 is 29.1 Å². The summed E-state index contributed by atoms with van der Waals surface area (Å²) in [6.07, 6.45) is 0. The highest BCUT2D eigenvalue weighted by Gasteiger charge is 2.11. The normalized spacial score (nSPS) is 10.4. The zero-order valence-electron chi connectivity index (χ0n) is 10.9. The molecule has 2 aromatic rings. The lowest BCUT2D eigenvalue weighted by Gasteiger charge is -2.06. The summed E-state index contributed by atoms with van der Waals surface area (Å²) in [5, 5.41) is 12.0. The number of ether oxygens (including phenoxy) is 1. The van der Waals surface area contributed by atoms with Crippen LogP contribution in [0.4, 0.5) is 0 Å². The highest BCUT2D eigenvalue weighted by atomic mass is 35.5. The Kier molecular flexibility index (Phi) is 5.50. The van der Waals surface area contributed by atoms with Gasteiger partial charge in [-0.05, 0) is 30.3 Å². The largest absolute Gasteiger partial charge is 0.484 e. The monoisotopic (exact) mass is 329 g/mol. The van der Waals surface area contributed by atoms with Crippen LogP contribution < -0.4 is 10.1 Å².